The van der Waals surface area contributed by atoms with Crippen LogP contribution in [0.3, 0.4) is 0 Å². The molecule has 0 aliphatic carbocycles. The van der Waals surface area contributed by atoms with E-state index in [4.69, 9.17) is 22.4 Å². The number of nitrogens with two attached hydrogens (primary N) is 1. The molecular formula is C10H16ClN3O2. The van der Waals surface area contributed by atoms with E-state index in [0.29, 0.717) is 17.3 Å². The first kappa shape index (κ1) is 13.0. The van der Waals surface area contributed by atoms with Gasteiger partial charge >= 0.3 is 5.97 Å². The molecule has 0 aliphatic heterocycles. The molecule has 1 heterocycles. The van der Waals surface area contributed by atoms with Crippen LogP contribution in [0.2, 0.25) is 5.02 Å². The second-order valence-electron chi connectivity index (χ2n) is 3.53. The minimum Gasteiger partial charge on any atom is -0.480 e. The van der Waals surface area contributed by atoms with Crippen LogP contribution in [-0.4, -0.2) is 26.9 Å². The average molecular weight is 246 g/mol. The Hall–Kier alpha value is -1.07. The Morgan fingerprint density at radius 2 is 2.25 bits per heavy atom. The van der Waals surface area contributed by atoms with Crippen molar-refractivity contribution in [3.63, 3.8) is 0 Å². The topological polar surface area (TPSA) is 81.1 Å². The molecule has 1 aromatic rings. The summed E-state index contributed by atoms with van der Waals surface area (Å²) >= 11 is 6.13. The summed E-state index contributed by atoms with van der Waals surface area (Å²) in [5, 5.41) is 13.6. The second kappa shape index (κ2) is 5.32. The monoisotopic (exact) mass is 245 g/mol. The number of hydrogen-bond donors (Lipinski definition) is 2. The van der Waals surface area contributed by atoms with E-state index in [-0.39, 0.29) is 6.42 Å². The number of aliphatic carboxylic acids is 1. The molecule has 1 unspecified atom stereocenters. The number of nitrogens with zero attached hydrogens (tertiary/aromatic N) is 2. The van der Waals surface area contributed by atoms with Gasteiger partial charge in [-0.3, -0.25) is 9.48 Å². The highest BCUT2D eigenvalue weighted by Gasteiger charge is 2.20. The van der Waals surface area contributed by atoms with E-state index in [1.807, 2.05) is 13.8 Å². The third-order valence-corrected chi connectivity index (χ3v) is 2.86. The molecule has 3 N–H and O–H groups in total. The highest BCUT2D eigenvalue weighted by Crippen LogP contribution is 2.22. The number of carboxylic acid groups (broad SMARTS) is 1. The summed E-state index contributed by atoms with van der Waals surface area (Å²) in [7, 11) is 0. The summed E-state index contributed by atoms with van der Waals surface area (Å²) in [6.07, 6.45) is 0.927. The molecule has 0 spiro atoms. The molecule has 0 fully saturated rings. The van der Waals surface area contributed by atoms with Crippen molar-refractivity contribution in [2.75, 3.05) is 0 Å². The van der Waals surface area contributed by atoms with E-state index in [9.17, 15) is 4.79 Å². The first-order valence-electron chi connectivity index (χ1n) is 5.23. The Morgan fingerprint density at radius 1 is 1.62 bits per heavy atom. The third kappa shape index (κ3) is 2.54. The zero-order valence-corrected chi connectivity index (χ0v) is 10.2. The van der Waals surface area contributed by atoms with Crippen molar-refractivity contribution >= 4 is 17.6 Å². The van der Waals surface area contributed by atoms with Gasteiger partial charge in [0.15, 0.2) is 0 Å². The van der Waals surface area contributed by atoms with Crippen LogP contribution in [0.25, 0.3) is 0 Å². The first-order chi connectivity index (χ1) is 7.51. The van der Waals surface area contributed by atoms with Gasteiger partial charge in [-0.2, -0.15) is 5.10 Å². The number of carbonyl (C=O) groups is 1. The van der Waals surface area contributed by atoms with Crippen molar-refractivity contribution in [1.82, 2.24) is 9.78 Å². The SMILES string of the molecule is CCc1nn(CC)c(CC(N)C(=O)O)c1Cl. The van der Waals surface area contributed by atoms with Crippen LogP contribution in [0.5, 0.6) is 0 Å². The summed E-state index contributed by atoms with van der Waals surface area (Å²) < 4.78 is 1.71. The van der Waals surface area contributed by atoms with E-state index in [1.165, 1.54) is 0 Å². The lowest BCUT2D eigenvalue weighted by molar-refractivity contribution is -0.138. The fourth-order valence-electron chi connectivity index (χ4n) is 1.51. The maximum Gasteiger partial charge on any atom is 0.320 e. The van der Waals surface area contributed by atoms with Crippen molar-refractivity contribution in [1.29, 1.82) is 0 Å². The van der Waals surface area contributed by atoms with Crippen molar-refractivity contribution in [2.45, 2.75) is 39.3 Å². The van der Waals surface area contributed by atoms with Gasteiger partial charge in [-0.1, -0.05) is 18.5 Å². The summed E-state index contributed by atoms with van der Waals surface area (Å²) in [5.74, 6) is -1.03. The van der Waals surface area contributed by atoms with Gasteiger partial charge < -0.3 is 10.8 Å². The molecule has 0 radical (unpaired) electrons. The molecule has 0 saturated heterocycles. The average Bonchev–Trinajstić information content (AvgIpc) is 2.55. The molecule has 1 aromatic heterocycles. The quantitative estimate of drug-likeness (QED) is 0.813. The van der Waals surface area contributed by atoms with Gasteiger partial charge in [0.2, 0.25) is 0 Å². The number of aromatic nitrogens is 2. The van der Waals surface area contributed by atoms with Crippen LogP contribution < -0.4 is 5.73 Å². The van der Waals surface area contributed by atoms with E-state index < -0.39 is 12.0 Å². The van der Waals surface area contributed by atoms with Crippen LogP contribution in [0.1, 0.15) is 25.2 Å². The van der Waals surface area contributed by atoms with Gasteiger partial charge in [-0.25, -0.2) is 0 Å². The minimum absolute atomic E-state index is 0.203. The van der Waals surface area contributed by atoms with Gasteiger partial charge in [-0.15, -0.1) is 0 Å². The van der Waals surface area contributed by atoms with Crippen LogP contribution in [0.4, 0.5) is 0 Å². The van der Waals surface area contributed by atoms with Gasteiger partial charge in [0.05, 0.1) is 16.4 Å². The maximum absolute atomic E-state index is 10.7. The lowest BCUT2D eigenvalue weighted by Gasteiger charge is -2.08. The molecule has 1 atom stereocenters. The maximum atomic E-state index is 10.7. The number of rotatable bonds is 5. The lowest BCUT2D eigenvalue weighted by atomic mass is 10.1. The van der Waals surface area contributed by atoms with E-state index in [1.54, 1.807) is 4.68 Å². The highest BCUT2D eigenvalue weighted by atomic mass is 35.5. The first-order valence-corrected chi connectivity index (χ1v) is 5.61. The van der Waals surface area contributed by atoms with Crippen LogP contribution in [0, 0.1) is 0 Å². The highest BCUT2D eigenvalue weighted by molar-refractivity contribution is 6.31. The third-order valence-electron chi connectivity index (χ3n) is 2.42. The molecular weight excluding hydrogens is 230 g/mol. The lowest BCUT2D eigenvalue weighted by Crippen LogP contribution is -2.33. The Kier molecular flexibility index (Phi) is 4.32. The van der Waals surface area contributed by atoms with Crippen molar-refractivity contribution in [3.8, 4) is 0 Å². The van der Waals surface area contributed by atoms with Crippen molar-refractivity contribution in [2.24, 2.45) is 5.73 Å². The van der Waals surface area contributed by atoms with Gasteiger partial charge in [0.25, 0.3) is 0 Å². The molecule has 6 heteroatoms. The van der Waals surface area contributed by atoms with Gasteiger partial charge in [0.1, 0.15) is 6.04 Å². The van der Waals surface area contributed by atoms with Crippen LogP contribution >= 0.6 is 11.6 Å². The summed E-state index contributed by atoms with van der Waals surface area (Å²) in [5.41, 5.74) is 6.99. The number of hydrogen-bond acceptors (Lipinski definition) is 3. The summed E-state index contributed by atoms with van der Waals surface area (Å²) in [6.45, 7) is 4.54. The molecule has 90 valence electrons. The Labute approximate surface area is 99.2 Å². The Balaban J connectivity index is 3.01. The predicted octanol–water partition coefficient (Wildman–Crippen LogP) is 1.07. The fourth-order valence-corrected chi connectivity index (χ4v) is 1.85. The number of aryl methyl sites for hydroxylation is 2. The van der Waals surface area contributed by atoms with Crippen LogP contribution in [0.15, 0.2) is 0 Å². The Bertz CT molecular complexity index is 390. The zero-order valence-electron chi connectivity index (χ0n) is 9.40. The largest absolute Gasteiger partial charge is 0.480 e. The number of halogens is 1. The summed E-state index contributed by atoms with van der Waals surface area (Å²) in [6, 6.07) is -0.941. The zero-order chi connectivity index (χ0) is 12.3. The molecule has 0 aliphatic rings. The second-order valence-corrected chi connectivity index (χ2v) is 3.90. The van der Waals surface area contributed by atoms with E-state index in [0.717, 1.165) is 12.1 Å². The smallest absolute Gasteiger partial charge is 0.320 e. The molecule has 0 bridgehead atoms. The molecule has 1 rings (SSSR count). The molecule has 16 heavy (non-hydrogen) atoms. The van der Waals surface area contributed by atoms with E-state index >= 15 is 0 Å². The Morgan fingerprint density at radius 3 is 2.69 bits per heavy atom. The van der Waals surface area contributed by atoms with Crippen molar-refractivity contribution in [3.05, 3.63) is 16.4 Å². The van der Waals surface area contributed by atoms with Gasteiger partial charge in [-0.05, 0) is 13.3 Å². The van der Waals surface area contributed by atoms with Crippen LogP contribution in [-0.2, 0) is 24.2 Å². The standard InChI is InChI=1S/C10H16ClN3O2/c1-3-7-9(11)8(14(4-2)13-7)5-6(12)10(15)16/h6H,3-5,12H2,1-2H3,(H,15,16). The normalized spacial score (nSPS) is 12.8. The molecule has 0 saturated carbocycles. The minimum atomic E-state index is -1.03. The molecule has 0 aromatic carbocycles. The van der Waals surface area contributed by atoms with Crippen molar-refractivity contribution < 1.29 is 9.90 Å². The van der Waals surface area contributed by atoms with Gasteiger partial charge in [0, 0.05) is 13.0 Å². The predicted molar refractivity (Wildman–Crippen MR) is 61.6 cm³/mol. The number of carboxylic acids is 1. The molecule has 0 amide bonds. The van der Waals surface area contributed by atoms with E-state index in [2.05, 4.69) is 5.10 Å². The summed E-state index contributed by atoms with van der Waals surface area (Å²) in [4.78, 5) is 10.7. The molecule has 5 nitrogen and oxygen atoms in total. The fraction of sp³-hybridized carbons (Fsp3) is 0.600.